The summed E-state index contributed by atoms with van der Waals surface area (Å²) in [5, 5.41) is 3.34. The van der Waals surface area contributed by atoms with Crippen LogP contribution in [0.4, 0.5) is 0 Å². The number of benzene rings is 1. The molecule has 0 spiro atoms. The minimum Gasteiger partial charge on any atom is -0.493 e. The predicted octanol–water partition coefficient (Wildman–Crippen LogP) is 2.75. The Morgan fingerprint density at radius 3 is 2.65 bits per heavy atom. The molecule has 0 heterocycles. The lowest BCUT2D eigenvalue weighted by Gasteiger charge is -2.17. The molecule has 1 fully saturated rings. The summed E-state index contributed by atoms with van der Waals surface area (Å²) in [6, 6.07) is 6.13. The maximum Gasteiger partial charge on any atom is 0.161 e. The van der Waals surface area contributed by atoms with Gasteiger partial charge in [-0.3, -0.25) is 0 Å². The first kappa shape index (κ1) is 15.1. The van der Waals surface area contributed by atoms with Gasteiger partial charge < -0.3 is 19.5 Å². The fraction of sp³-hybridized carbons (Fsp3) is 0.625. The van der Waals surface area contributed by atoms with Gasteiger partial charge in [0.1, 0.15) is 0 Å². The second-order valence-electron chi connectivity index (χ2n) is 5.18. The van der Waals surface area contributed by atoms with E-state index in [2.05, 4.69) is 17.4 Å². The Kier molecular flexibility index (Phi) is 6.15. The summed E-state index contributed by atoms with van der Waals surface area (Å²) in [6.45, 7) is 2.39. The fourth-order valence-corrected chi connectivity index (χ4v) is 2.52. The molecule has 1 aromatic rings. The number of hydrogen-bond acceptors (Lipinski definition) is 4. The van der Waals surface area contributed by atoms with E-state index in [1.54, 1.807) is 14.2 Å². The van der Waals surface area contributed by atoms with Crippen molar-refractivity contribution in [1.29, 1.82) is 0 Å². The molecule has 1 aliphatic carbocycles. The van der Waals surface area contributed by atoms with Crippen molar-refractivity contribution in [2.45, 2.75) is 38.3 Å². The van der Waals surface area contributed by atoms with Crippen molar-refractivity contribution in [3.8, 4) is 11.5 Å². The molecule has 0 bridgehead atoms. The van der Waals surface area contributed by atoms with Crippen LogP contribution in [0.2, 0.25) is 0 Å². The lowest BCUT2D eigenvalue weighted by Crippen LogP contribution is -2.18. The minimum absolute atomic E-state index is 0.348. The third-order valence-corrected chi connectivity index (χ3v) is 3.64. The lowest BCUT2D eigenvalue weighted by molar-refractivity contribution is 0.198. The normalized spacial score (nSPS) is 15.5. The van der Waals surface area contributed by atoms with Gasteiger partial charge in [0, 0.05) is 20.2 Å². The van der Waals surface area contributed by atoms with Gasteiger partial charge in [-0.25, -0.2) is 0 Å². The summed E-state index contributed by atoms with van der Waals surface area (Å²) < 4.78 is 16.5. The molecule has 1 N–H and O–H groups in total. The number of methoxy groups -OCH3 is 2. The quantitative estimate of drug-likeness (QED) is 0.743. The van der Waals surface area contributed by atoms with E-state index in [1.807, 2.05) is 6.07 Å². The van der Waals surface area contributed by atoms with Crippen LogP contribution in [0.5, 0.6) is 11.5 Å². The molecule has 0 amide bonds. The monoisotopic (exact) mass is 279 g/mol. The molecule has 0 aliphatic heterocycles. The molecule has 0 unspecified atom stereocenters. The molecule has 0 atom stereocenters. The summed E-state index contributed by atoms with van der Waals surface area (Å²) in [5.41, 5.74) is 1.20. The van der Waals surface area contributed by atoms with Crippen LogP contribution >= 0.6 is 0 Å². The highest BCUT2D eigenvalue weighted by Gasteiger charge is 2.18. The van der Waals surface area contributed by atoms with Crippen molar-refractivity contribution in [3.05, 3.63) is 23.8 Å². The van der Waals surface area contributed by atoms with Gasteiger partial charge in [0.15, 0.2) is 11.5 Å². The van der Waals surface area contributed by atoms with Crippen LogP contribution in [0.3, 0.4) is 0 Å². The van der Waals surface area contributed by atoms with Crippen LogP contribution < -0.4 is 14.8 Å². The standard InChI is InChI=1S/C16H25NO3/c1-18-10-9-17-12-13-7-8-15(19-2)16(11-13)20-14-5-3-4-6-14/h7-8,11,14,17H,3-6,9-10,12H2,1-2H3. The molecule has 1 saturated carbocycles. The summed E-state index contributed by atoms with van der Waals surface area (Å²) >= 11 is 0. The third kappa shape index (κ3) is 4.39. The smallest absolute Gasteiger partial charge is 0.161 e. The molecule has 4 heteroatoms. The first-order valence-corrected chi connectivity index (χ1v) is 7.36. The molecule has 112 valence electrons. The van der Waals surface area contributed by atoms with Crippen LogP contribution in [-0.4, -0.2) is 33.5 Å². The molecule has 1 aromatic carbocycles. The Balaban J connectivity index is 1.96. The van der Waals surface area contributed by atoms with Gasteiger partial charge in [-0.2, -0.15) is 0 Å². The van der Waals surface area contributed by atoms with Gasteiger partial charge in [-0.1, -0.05) is 6.07 Å². The minimum atomic E-state index is 0.348. The Morgan fingerprint density at radius 1 is 1.15 bits per heavy atom. The van der Waals surface area contributed by atoms with E-state index in [1.165, 1.54) is 18.4 Å². The zero-order valence-corrected chi connectivity index (χ0v) is 12.5. The Morgan fingerprint density at radius 2 is 1.95 bits per heavy atom. The van der Waals surface area contributed by atoms with Crippen molar-refractivity contribution in [3.63, 3.8) is 0 Å². The molecular weight excluding hydrogens is 254 g/mol. The van der Waals surface area contributed by atoms with Gasteiger partial charge >= 0.3 is 0 Å². The maximum atomic E-state index is 6.09. The molecule has 0 aromatic heterocycles. The molecular formula is C16H25NO3. The molecule has 4 nitrogen and oxygen atoms in total. The average Bonchev–Trinajstić information content (AvgIpc) is 2.97. The highest BCUT2D eigenvalue weighted by atomic mass is 16.5. The van der Waals surface area contributed by atoms with E-state index in [4.69, 9.17) is 14.2 Å². The second kappa shape index (κ2) is 8.12. The van der Waals surface area contributed by atoms with Gasteiger partial charge in [0.05, 0.1) is 19.8 Å². The van der Waals surface area contributed by atoms with E-state index in [0.29, 0.717) is 6.10 Å². The maximum absolute atomic E-state index is 6.09. The molecule has 2 rings (SSSR count). The third-order valence-electron chi connectivity index (χ3n) is 3.64. The second-order valence-corrected chi connectivity index (χ2v) is 5.18. The van der Waals surface area contributed by atoms with Crippen molar-refractivity contribution >= 4 is 0 Å². The molecule has 0 radical (unpaired) electrons. The Hall–Kier alpha value is -1.26. The van der Waals surface area contributed by atoms with Crippen LogP contribution in [0.1, 0.15) is 31.2 Å². The zero-order chi connectivity index (χ0) is 14.2. The average molecular weight is 279 g/mol. The molecule has 20 heavy (non-hydrogen) atoms. The summed E-state index contributed by atoms with van der Waals surface area (Å²) in [6.07, 6.45) is 5.19. The van der Waals surface area contributed by atoms with E-state index >= 15 is 0 Å². The highest BCUT2D eigenvalue weighted by molar-refractivity contribution is 5.43. The molecule has 0 saturated heterocycles. The first-order chi connectivity index (χ1) is 9.83. The van der Waals surface area contributed by atoms with Crippen LogP contribution in [0.25, 0.3) is 0 Å². The first-order valence-electron chi connectivity index (χ1n) is 7.36. The van der Waals surface area contributed by atoms with E-state index in [9.17, 15) is 0 Å². The summed E-state index contributed by atoms with van der Waals surface area (Å²) in [5.74, 6) is 1.68. The number of hydrogen-bond donors (Lipinski definition) is 1. The topological polar surface area (TPSA) is 39.7 Å². The van der Waals surface area contributed by atoms with Crippen molar-refractivity contribution in [2.75, 3.05) is 27.4 Å². The Labute approximate surface area is 121 Å². The van der Waals surface area contributed by atoms with E-state index < -0.39 is 0 Å². The van der Waals surface area contributed by atoms with Crippen molar-refractivity contribution < 1.29 is 14.2 Å². The lowest BCUT2D eigenvalue weighted by atomic mass is 10.2. The highest BCUT2D eigenvalue weighted by Crippen LogP contribution is 2.32. The Bertz CT molecular complexity index is 403. The van der Waals surface area contributed by atoms with Gasteiger partial charge in [0.2, 0.25) is 0 Å². The largest absolute Gasteiger partial charge is 0.493 e. The predicted molar refractivity (Wildman–Crippen MR) is 79.5 cm³/mol. The SMILES string of the molecule is COCCNCc1ccc(OC)c(OC2CCCC2)c1. The summed E-state index contributed by atoms with van der Waals surface area (Å²) in [7, 11) is 3.40. The fourth-order valence-electron chi connectivity index (χ4n) is 2.52. The number of ether oxygens (including phenoxy) is 3. The number of rotatable bonds is 8. The van der Waals surface area contributed by atoms with Gasteiger partial charge in [-0.15, -0.1) is 0 Å². The number of nitrogens with one attached hydrogen (secondary N) is 1. The summed E-state index contributed by atoms with van der Waals surface area (Å²) in [4.78, 5) is 0. The van der Waals surface area contributed by atoms with Gasteiger partial charge in [-0.05, 0) is 43.4 Å². The van der Waals surface area contributed by atoms with Gasteiger partial charge in [0.25, 0.3) is 0 Å². The van der Waals surface area contributed by atoms with Crippen LogP contribution in [0, 0.1) is 0 Å². The van der Waals surface area contributed by atoms with E-state index in [0.717, 1.165) is 44.0 Å². The van der Waals surface area contributed by atoms with Crippen molar-refractivity contribution in [1.82, 2.24) is 5.32 Å². The van der Waals surface area contributed by atoms with Crippen molar-refractivity contribution in [2.24, 2.45) is 0 Å². The molecule has 1 aliphatic rings. The van der Waals surface area contributed by atoms with Crippen LogP contribution in [-0.2, 0) is 11.3 Å². The van der Waals surface area contributed by atoms with Crippen LogP contribution in [0.15, 0.2) is 18.2 Å². The van der Waals surface area contributed by atoms with E-state index in [-0.39, 0.29) is 0 Å². The zero-order valence-electron chi connectivity index (χ0n) is 12.5.